The summed E-state index contributed by atoms with van der Waals surface area (Å²) >= 11 is 0. The minimum Gasteiger partial charge on any atom is -0.396 e. The molecule has 0 radical (unpaired) electrons. The van der Waals surface area contributed by atoms with Crippen LogP contribution in [0.4, 0.5) is 0 Å². The molecule has 0 heterocycles. The van der Waals surface area contributed by atoms with Gasteiger partial charge in [0, 0.05) is 0 Å². The predicted molar refractivity (Wildman–Crippen MR) is 97.2 cm³/mol. The first-order valence-electron chi connectivity index (χ1n) is 8.53. The Labute approximate surface area is 146 Å². The van der Waals surface area contributed by atoms with E-state index in [0.717, 1.165) is 5.56 Å². The van der Waals surface area contributed by atoms with Crippen LogP contribution in [-0.4, -0.2) is 41.7 Å². The van der Waals surface area contributed by atoms with Crippen LogP contribution in [0.25, 0.3) is 0 Å². The molecule has 3 N–H and O–H groups in total. The number of hydrogen-bond acceptors (Lipinski definition) is 4. The quantitative estimate of drug-likeness (QED) is 0.715. The van der Waals surface area contributed by atoms with Crippen molar-refractivity contribution in [2.45, 2.75) is 59.0 Å². The zero-order chi connectivity index (χ0) is 18.6. The minimum absolute atomic E-state index is 0.0119. The van der Waals surface area contributed by atoms with Crippen molar-refractivity contribution >= 4 is 0 Å². The highest BCUT2D eigenvalue weighted by Gasteiger charge is 2.29. The van der Waals surface area contributed by atoms with Crippen molar-refractivity contribution in [2.75, 3.05) is 26.4 Å². The van der Waals surface area contributed by atoms with Gasteiger partial charge in [0.05, 0.1) is 38.4 Å². The third kappa shape index (κ3) is 5.28. The Morgan fingerprint density at radius 2 is 1.38 bits per heavy atom. The van der Waals surface area contributed by atoms with E-state index in [1.54, 1.807) is 0 Å². The molecule has 4 nitrogen and oxygen atoms in total. The molecule has 4 heteroatoms. The first kappa shape index (κ1) is 21.1. The largest absolute Gasteiger partial charge is 0.396 e. The second-order valence-electron chi connectivity index (χ2n) is 8.84. The molecular weight excluding hydrogens is 304 g/mol. The van der Waals surface area contributed by atoms with Crippen LogP contribution < -0.4 is 0 Å². The first-order valence-corrected chi connectivity index (χ1v) is 8.53. The lowest BCUT2D eigenvalue weighted by Crippen LogP contribution is -2.38. The molecule has 1 aromatic rings. The highest BCUT2D eigenvalue weighted by Crippen LogP contribution is 2.32. The van der Waals surface area contributed by atoms with E-state index in [1.807, 2.05) is 0 Å². The highest BCUT2D eigenvalue weighted by molar-refractivity contribution is 5.39. The van der Waals surface area contributed by atoms with Gasteiger partial charge in [-0.15, -0.1) is 0 Å². The summed E-state index contributed by atoms with van der Waals surface area (Å²) < 4.78 is 5.74. The van der Waals surface area contributed by atoms with E-state index < -0.39 is 5.41 Å². The van der Waals surface area contributed by atoms with Crippen molar-refractivity contribution < 1.29 is 20.1 Å². The summed E-state index contributed by atoms with van der Waals surface area (Å²) in [7, 11) is 0. The Hall–Kier alpha value is -0.940. The van der Waals surface area contributed by atoms with Crippen molar-refractivity contribution in [3.8, 4) is 0 Å². The van der Waals surface area contributed by atoms with E-state index in [2.05, 4.69) is 59.7 Å². The van der Waals surface area contributed by atoms with Gasteiger partial charge in [-0.2, -0.15) is 0 Å². The third-order valence-corrected chi connectivity index (χ3v) is 4.46. The van der Waals surface area contributed by atoms with Crippen LogP contribution in [0.15, 0.2) is 18.2 Å². The molecule has 0 fully saturated rings. The fourth-order valence-corrected chi connectivity index (χ4v) is 2.53. The van der Waals surface area contributed by atoms with Crippen molar-refractivity contribution in [3.05, 3.63) is 34.9 Å². The maximum atomic E-state index is 9.38. The Kier molecular flexibility index (Phi) is 7.00. The average molecular weight is 338 g/mol. The van der Waals surface area contributed by atoms with Gasteiger partial charge in [0.2, 0.25) is 0 Å². The normalized spacial score (nSPS) is 13.4. The standard InChI is InChI=1S/C20H34O4/c1-18(2,3)16-8-7-15(17(9-16)19(4,5)6)10-24-14-20(11-21,12-22)13-23/h7-9,21-23H,10-14H2,1-6H3. The maximum absolute atomic E-state index is 9.38. The van der Waals surface area contributed by atoms with Gasteiger partial charge in [-0.05, 0) is 27.5 Å². The van der Waals surface area contributed by atoms with Gasteiger partial charge in [-0.3, -0.25) is 0 Å². The molecule has 0 saturated carbocycles. The lowest BCUT2D eigenvalue weighted by molar-refractivity contribution is -0.0622. The summed E-state index contributed by atoms with van der Waals surface area (Å²) in [6.07, 6.45) is 0. The minimum atomic E-state index is -0.993. The monoisotopic (exact) mass is 338 g/mol. The van der Waals surface area contributed by atoms with Gasteiger partial charge in [0.1, 0.15) is 0 Å². The van der Waals surface area contributed by atoms with Crippen LogP contribution in [-0.2, 0) is 22.2 Å². The van der Waals surface area contributed by atoms with Gasteiger partial charge < -0.3 is 20.1 Å². The fraction of sp³-hybridized carbons (Fsp3) is 0.700. The SMILES string of the molecule is CC(C)(C)c1ccc(COCC(CO)(CO)CO)c(C(C)(C)C)c1. The van der Waals surface area contributed by atoms with E-state index in [9.17, 15) is 15.3 Å². The molecule has 0 saturated heterocycles. The van der Waals surface area contributed by atoms with Gasteiger partial charge in [0.15, 0.2) is 0 Å². The number of benzene rings is 1. The zero-order valence-corrected chi connectivity index (χ0v) is 16.0. The number of ether oxygens (including phenoxy) is 1. The molecule has 0 aliphatic carbocycles. The summed E-state index contributed by atoms with van der Waals surface area (Å²) in [6.45, 7) is 12.7. The second-order valence-corrected chi connectivity index (χ2v) is 8.84. The molecule has 1 aromatic carbocycles. The molecule has 0 bridgehead atoms. The molecule has 24 heavy (non-hydrogen) atoms. The van der Waals surface area contributed by atoms with Crippen LogP contribution in [0.5, 0.6) is 0 Å². The number of aliphatic hydroxyl groups is 3. The predicted octanol–water partition coefficient (Wildman–Crippen LogP) is 2.76. The van der Waals surface area contributed by atoms with Crippen LogP contribution in [0.3, 0.4) is 0 Å². The van der Waals surface area contributed by atoms with Crippen molar-refractivity contribution in [1.82, 2.24) is 0 Å². The number of aliphatic hydroxyl groups excluding tert-OH is 3. The van der Waals surface area contributed by atoms with Gasteiger partial charge in [-0.25, -0.2) is 0 Å². The molecule has 0 aromatic heterocycles. The molecule has 138 valence electrons. The molecule has 0 unspecified atom stereocenters. The molecule has 0 amide bonds. The zero-order valence-electron chi connectivity index (χ0n) is 16.0. The van der Waals surface area contributed by atoms with Gasteiger partial charge in [-0.1, -0.05) is 59.7 Å². The van der Waals surface area contributed by atoms with Crippen LogP contribution in [0.2, 0.25) is 0 Å². The molecule has 0 spiro atoms. The van der Waals surface area contributed by atoms with Crippen molar-refractivity contribution in [3.63, 3.8) is 0 Å². The van der Waals surface area contributed by atoms with Gasteiger partial charge in [0.25, 0.3) is 0 Å². The molecule has 0 atom stereocenters. The smallest absolute Gasteiger partial charge is 0.0720 e. The van der Waals surface area contributed by atoms with E-state index in [-0.39, 0.29) is 37.3 Å². The number of hydrogen-bond donors (Lipinski definition) is 3. The number of rotatable bonds is 7. The fourth-order valence-electron chi connectivity index (χ4n) is 2.53. The highest BCUT2D eigenvalue weighted by atomic mass is 16.5. The topological polar surface area (TPSA) is 69.9 Å². The first-order chi connectivity index (χ1) is 11.0. The lowest BCUT2D eigenvalue weighted by atomic mass is 9.78. The Morgan fingerprint density at radius 3 is 1.79 bits per heavy atom. The average Bonchev–Trinajstić information content (AvgIpc) is 2.50. The Morgan fingerprint density at radius 1 is 0.833 bits per heavy atom. The van der Waals surface area contributed by atoms with Crippen LogP contribution >= 0.6 is 0 Å². The van der Waals surface area contributed by atoms with Gasteiger partial charge >= 0.3 is 0 Å². The molecular formula is C20H34O4. The summed E-state index contributed by atoms with van der Waals surface area (Å²) in [5.74, 6) is 0. The Bertz CT molecular complexity index is 511. The van der Waals surface area contributed by atoms with E-state index in [4.69, 9.17) is 4.74 Å². The molecule has 0 aliphatic rings. The van der Waals surface area contributed by atoms with E-state index in [0.29, 0.717) is 6.61 Å². The summed E-state index contributed by atoms with van der Waals surface area (Å²) in [5, 5.41) is 28.2. The van der Waals surface area contributed by atoms with Crippen molar-refractivity contribution in [2.24, 2.45) is 5.41 Å². The van der Waals surface area contributed by atoms with Crippen LogP contribution in [0, 0.1) is 5.41 Å². The summed E-state index contributed by atoms with van der Waals surface area (Å²) in [6, 6.07) is 6.47. The molecule has 1 rings (SSSR count). The Balaban J connectivity index is 3.00. The molecule has 0 aliphatic heterocycles. The maximum Gasteiger partial charge on any atom is 0.0720 e. The van der Waals surface area contributed by atoms with E-state index in [1.165, 1.54) is 11.1 Å². The van der Waals surface area contributed by atoms with Crippen molar-refractivity contribution in [1.29, 1.82) is 0 Å². The second kappa shape index (κ2) is 7.96. The lowest BCUT2D eigenvalue weighted by Gasteiger charge is -2.29. The third-order valence-electron chi connectivity index (χ3n) is 4.46. The summed E-state index contributed by atoms with van der Waals surface area (Å²) in [5.41, 5.74) is 2.69. The summed E-state index contributed by atoms with van der Waals surface area (Å²) in [4.78, 5) is 0. The van der Waals surface area contributed by atoms with E-state index >= 15 is 0 Å². The van der Waals surface area contributed by atoms with Crippen LogP contribution in [0.1, 0.15) is 58.2 Å².